The maximum atomic E-state index is 10.6. The Morgan fingerprint density at radius 3 is 2.79 bits per heavy atom. The van der Waals surface area contributed by atoms with E-state index < -0.39 is 5.97 Å². The standard InChI is InChI=1S/C10H8O4/c11-5-8-4-7-3-6(10(12)13)1-2-9(7)14-8/h1-4,11H,5H2,(H,12,13). The third-order valence-corrected chi connectivity index (χ3v) is 1.97. The van der Waals surface area contributed by atoms with Crippen LogP contribution >= 0.6 is 0 Å². The van der Waals surface area contributed by atoms with Crippen LogP contribution in [0.3, 0.4) is 0 Å². The maximum Gasteiger partial charge on any atom is 0.335 e. The zero-order chi connectivity index (χ0) is 10.1. The smallest absolute Gasteiger partial charge is 0.335 e. The van der Waals surface area contributed by atoms with Crippen LogP contribution in [0.25, 0.3) is 11.0 Å². The Bertz CT molecular complexity index is 484. The van der Waals surface area contributed by atoms with Crippen molar-refractivity contribution in [2.45, 2.75) is 6.61 Å². The molecule has 0 saturated carbocycles. The van der Waals surface area contributed by atoms with Gasteiger partial charge >= 0.3 is 5.97 Å². The van der Waals surface area contributed by atoms with Crippen molar-refractivity contribution in [3.05, 3.63) is 35.6 Å². The van der Waals surface area contributed by atoms with Crippen molar-refractivity contribution in [3.63, 3.8) is 0 Å². The summed E-state index contributed by atoms with van der Waals surface area (Å²) in [6, 6.07) is 6.19. The van der Waals surface area contributed by atoms with Crippen LogP contribution in [0.2, 0.25) is 0 Å². The molecule has 4 nitrogen and oxygen atoms in total. The van der Waals surface area contributed by atoms with E-state index in [2.05, 4.69) is 0 Å². The van der Waals surface area contributed by atoms with Crippen molar-refractivity contribution < 1.29 is 19.4 Å². The van der Waals surface area contributed by atoms with Gasteiger partial charge < -0.3 is 14.6 Å². The molecule has 1 aromatic carbocycles. The van der Waals surface area contributed by atoms with Crippen LogP contribution < -0.4 is 0 Å². The van der Waals surface area contributed by atoms with Crippen LogP contribution in [-0.2, 0) is 6.61 Å². The van der Waals surface area contributed by atoms with Gasteiger partial charge in [-0.3, -0.25) is 0 Å². The zero-order valence-corrected chi connectivity index (χ0v) is 7.23. The monoisotopic (exact) mass is 192 g/mol. The number of carboxylic acid groups (broad SMARTS) is 1. The van der Waals surface area contributed by atoms with E-state index in [4.69, 9.17) is 14.6 Å². The van der Waals surface area contributed by atoms with E-state index >= 15 is 0 Å². The Morgan fingerprint density at radius 2 is 2.14 bits per heavy atom. The zero-order valence-electron chi connectivity index (χ0n) is 7.23. The van der Waals surface area contributed by atoms with Crippen LogP contribution in [0.1, 0.15) is 16.1 Å². The summed E-state index contributed by atoms with van der Waals surface area (Å²) in [4.78, 5) is 10.6. The summed E-state index contributed by atoms with van der Waals surface area (Å²) in [5.74, 6) is -0.541. The first-order valence-corrected chi connectivity index (χ1v) is 4.07. The summed E-state index contributed by atoms with van der Waals surface area (Å²) in [6.45, 7) is -0.183. The fourth-order valence-electron chi connectivity index (χ4n) is 1.31. The molecule has 0 aliphatic heterocycles. The minimum atomic E-state index is -0.973. The minimum absolute atomic E-state index is 0.183. The normalized spacial score (nSPS) is 10.6. The minimum Gasteiger partial charge on any atom is -0.478 e. The van der Waals surface area contributed by atoms with Crippen molar-refractivity contribution in [1.29, 1.82) is 0 Å². The molecule has 0 unspecified atom stereocenters. The van der Waals surface area contributed by atoms with Crippen LogP contribution in [0.4, 0.5) is 0 Å². The highest BCUT2D eigenvalue weighted by Gasteiger charge is 2.07. The highest BCUT2D eigenvalue weighted by Crippen LogP contribution is 2.20. The number of hydrogen-bond acceptors (Lipinski definition) is 3. The molecule has 0 radical (unpaired) electrons. The van der Waals surface area contributed by atoms with Crippen LogP contribution in [-0.4, -0.2) is 16.2 Å². The van der Waals surface area contributed by atoms with Gasteiger partial charge in [-0.1, -0.05) is 0 Å². The first kappa shape index (κ1) is 8.77. The summed E-state index contributed by atoms with van der Waals surface area (Å²) in [5, 5.41) is 18.2. The van der Waals surface area contributed by atoms with Gasteiger partial charge in [-0.05, 0) is 24.3 Å². The van der Waals surface area contributed by atoms with E-state index in [0.717, 1.165) is 0 Å². The fraction of sp³-hybridized carbons (Fsp3) is 0.100. The van der Waals surface area contributed by atoms with Gasteiger partial charge in [-0.25, -0.2) is 4.79 Å². The van der Waals surface area contributed by atoms with E-state index in [1.54, 1.807) is 12.1 Å². The van der Waals surface area contributed by atoms with Gasteiger partial charge in [0.05, 0.1) is 5.56 Å². The molecule has 14 heavy (non-hydrogen) atoms. The van der Waals surface area contributed by atoms with Gasteiger partial charge in [0.2, 0.25) is 0 Å². The molecule has 72 valence electrons. The molecule has 2 rings (SSSR count). The van der Waals surface area contributed by atoms with Gasteiger partial charge in [-0.15, -0.1) is 0 Å². The SMILES string of the molecule is O=C(O)c1ccc2oc(CO)cc2c1. The summed E-state index contributed by atoms with van der Waals surface area (Å²) in [6.07, 6.45) is 0. The van der Waals surface area contributed by atoms with Gasteiger partial charge in [0, 0.05) is 5.39 Å². The van der Waals surface area contributed by atoms with E-state index in [-0.39, 0.29) is 12.2 Å². The molecular formula is C10H8O4. The molecular weight excluding hydrogens is 184 g/mol. The predicted octanol–water partition coefficient (Wildman–Crippen LogP) is 1.62. The molecule has 0 aliphatic rings. The lowest BCUT2D eigenvalue weighted by Crippen LogP contribution is -1.94. The molecule has 1 aromatic heterocycles. The quantitative estimate of drug-likeness (QED) is 0.758. The molecule has 0 fully saturated rings. The Labute approximate surface area is 79.4 Å². The predicted molar refractivity (Wildman–Crippen MR) is 49.1 cm³/mol. The van der Waals surface area contributed by atoms with Crippen LogP contribution in [0.15, 0.2) is 28.7 Å². The molecule has 0 amide bonds. The molecule has 4 heteroatoms. The Morgan fingerprint density at radius 1 is 1.36 bits per heavy atom. The summed E-state index contributed by atoms with van der Waals surface area (Å²) < 4.78 is 5.21. The molecule has 0 saturated heterocycles. The second-order valence-corrected chi connectivity index (χ2v) is 2.93. The average molecular weight is 192 g/mol. The number of aromatic carboxylic acids is 1. The van der Waals surface area contributed by atoms with Crippen LogP contribution in [0, 0.1) is 0 Å². The van der Waals surface area contributed by atoms with Gasteiger partial charge in [0.1, 0.15) is 18.0 Å². The molecule has 2 aromatic rings. The van der Waals surface area contributed by atoms with Gasteiger partial charge in [0.25, 0.3) is 0 Å². The lowest BCUT2D eigenvalue weighted by molar-refractivity contribution is 0.0697. The summed E-state index contributed by atoms with van der Waals surface area (Å²) in [5.41, 5.74) is 0.793. The Balaban J connectivity index is 2.59. The van der Waals surface area contributed by atoms with Crippen molar-refractivity contribution in [1.82, 2.24) is 0 Å². The number of furan rings is 1. The second-order valence-electron chi connectivity index (χ2n) is 2.93. The molecule has 0 bridgehead atoms. The average Bonchev–Trinajstić information content (AvgIpc) is 2.58. The van der Waals surface area contributed by atoms with E-state index in [1.807, 2.05) is 0 Å². The Hall–Kier alpha value is -1.81. The number of carbonyl (C=O) groups is 1. The van der Waals surface area contributed by atoms with Crippen LogP contribution in [0.5, 0.6) is 0 Å². The number of rotatable bonds is 2. The first-order valence-electron chi connectivity index (χ1n) is 4.07. The number of carboxylic acids is 1. The van der Waals surface area contributed by atoms with Crippen molar-refractivity contribution in [3.8, 4) is 0 Å². The van der Waals surface area contributed by atoms with Crippen molar-refractivity contribution in [2.24, 2.45) is 0 Å². The van der Waals surface area contributed by atoms with E-state index in [1.165, 1.54) is 12.1 Å². The lowest BCUT2D eigenvalue weighted by atomic mass is 10.1. The molecule has 0 aliphatic carbocycles. The number of aliphatic hydroxyl groups excluding tert-OH is 1. The topological polar surface area (TPSA) is 70.7 Å². The highest BCUT2D eigenvalue weighted by atomic mass is 16.4. The number of benzene rings is 1. The fourth-order valence-corrected chi connectivity index (χ4v) is 1.31. The van der Waals surface area contributed by atoms with Crippen molar-refractivity contribution >= 4 is 16.9 Å². The van der Waals surface area contributed by atoms with Crippen molar-refractivity contribution in [2.75, 3.05) is 0 Å². The third kappa shape index (κ3) is 1.36. The lowest BCUT2D eigenvalue weighted by Gasteiger charge is -1.92. The number of aliphatic hydroxyl groups is 1. The van der Waals surface area contributed by atoms with Gasteiger partial charge in [-0.2, -0.15) is 0 Å². The third-order valence-electron chi connectivity index (χ3n) is 1.97. The molecule has 2 N–H and O–H groups in total. The number of hydrogen-bond donors (Lipinski definition) is 2. The maximum absolute atomic E-state index is 10.6. The Kier molecular flexibility index (Phi) is 1.98. The molecule has 0 atom stereocenters. The van der Waals surface area contributed by atoms with E-state index in [9.17, 15) is 4.79 Å². The highest BCUT2D eigenvalue weighted by molar-refractivity contribution is 5.93. The molecule has 0 spiro atoms. The number of fused-ring (bicyclic) bond motifs is 1. The largest absolute Gasteiger partial charge is 0.478 e. The first-order chi connectivity index (χ1) is 6.70. The van der Waals surface area contributed by atoms with E-state index in [0.29, 0.717) is 16.7 Å². The summed E-state index contributed by atoms with van der Waals surface area (Å²) in [7, 11) is 0. The summed E-state index contributed by atoms with van der Waals surface area (Å²) >= 11 is 0. The second kappa shape index (κ2) is 3.16. The van der Waals surface area contributed by atoms with Gasteiger partial charge in [0.15, 0.2) is 0 Å². The molecule has 1 heterocycles.